The number of tetrazole rings is 1. The van der Waals surface area contributed by atoms with Crippen LogP contribution in [-0.2, 0) is 6.42 Å². The number of hydrogen-bond donors (Lipinski definition) is 0. The fourth-order valence-corrected chi connectivity index (χ4v) is 4.70. The van der Waals surface area contributed by atoms with Gasteiger partial charge in [-0.2, -0.15) is 4.68 Å². The predicted molar refractivity (Wildman–Crippen MR) is 96.6 cm³/mol. The highest BCUT2D eigenvalue weighted by Gasteiger charge is 2.24. The Morgan fingerprint density at radius 3 is 2.67 bits per heavy atom. The minimum atomic E-state index is 0.420. The van der Waals surface area contributed by atoms with Gasteiger partial charge in [0.15, 0.2) is 0 Å². The van der Waals surface area contributed by atoms with Crippen molar-refractivity contribution in [1.29, 1.82) is 0 Å². The van der Waals surface area contributed by atoms with Crippen molar-refractivity contribution in [2.45, 2.75) is 43.5 Å². The highest BCUT2D eigenvalue weighted by Crippen LogP contribution is 2.43. The molecule has 3 aromatic rings. The number of aryl methyl sites for hydroxylation is 3. The molecule has 1 heterocycles. The zero-order chi connectivity index (χ0) is 16.5. The number of benzene rings is 2. The Hall–Kier alpha value is -2.14. The summed E-state index contributed by atoms with van der Waals surface area (Å²) in [6.45, 7) is 4.21. The van der Waals surface area contributed by atoms with Crippen LogP contribution in [-0.4, -0.2) is 20.2 Å². The molecule has 4 rings (SSSR count). The maximum absolute atomic E-state index is 4.31. The summed E-state index contributed by atoms with van der Waals surface area (Å²) in [7, 11) is 0. The SMILES string of the molecule is Cc1cccc(C)c1-n1nnnc1S[C@H]1CCCc2ccccc21. The molecule has 0 saturated carbocycles. The Kier molecular flexibility index (Phi) is 4.10. The number of nitrogens with zero attached hydrogens (tertiary/aromatic N) is 4. The fourth-order valence-electron chi connectivity index (χ4n) is 3.49. The van der Waals surface area contributed by atoms with Crippen LogP contribution in [0.25, 0.3) is 5.69 Å². The van der Waals surface area contributed by atoms with E-state index in [4.69, 9.17) is 0 Å². The van der Waals surface area contributed by atoms with Crippen LogP contribution >= 0.6 is 11.8 Å². The second-order valence-corrected chi connectivity index (χ2v) is 7.48. The molecule has 0 N–H and O–H groups in total. The molecule has 5 heteroatoms. The van der Waals surface area contributed by atoms with Crippen molar-refractivity contribution in [1.82, 2.24) is 20.2 Å². The van der Waals surface area contributed by atoms with Gasteiger partial charge in [0.1, 0.15) is 0 Å². The van der Waals surface area contributed by atoms with Crippen molar-refractivity contribution in [2.24, 2.45) is 0 Å². The van der Waals surface area contributed by atoms with E-state index in [0.717, 1.165) is 10.8 Å². The van der Waals surface area contributed by atoms with Crippen molar-refractivity contribution < 1.29 is 0 Å². The number of aromatic nitrogens is 4. The number of thioether (sulfide) groups is 1. The van der Waals surface area contributed by atoms with Gasteiger partial charge in [-0.15, -0.1) is 5.10 Å². The summed E-state index contributed by atoms with van der Waals surface area (Å²) in [5.41, 5.74) is 6.37. The lowest BCUT2D eigenvalue weighted by Gasteiger charge is -2.24. The third-order valence-corrected chi connectivity index (χ3v) is 5.89. The van der Waals surface area contributed by atoms with Gasteiger partial charge in [-0.25, -0.2) is 0 Å². The third kappa shape index (κ3) is 2.73. The molecule has 1 aliphatic rings. The van der Waals surface area contributed by atoms with Gasteiger partial charge in [0.2, 0.25) is 5.16 Å². The van der Waals surface area contributed by atoms with Gasteiger partial charge in [0.25, 0.3) is 0 Å². The van der Waals surface area contributed by atoms with Crippen LogP contribution in [0.1, 0.15) is 40.3 Å². The molecule has 1 aliphatic carbocycles. The topological polar surface area (TPSA) is 43.6 Å². The van der Waals surface area contributed by atoms with Gasteiger partial charge < -0.3 is 0 Å². The summed E-state index contributed by atoms with van der Waals surface area (Å²) < 4.78 is 1.90. The van der Waals surface area contributed by atoms with Crippen molar-refractivity contribution in [3.63, 3.8) is 0 Å². The van der Waals surface area contributed by atoms with Gasteiger partial charge in [0.05, 0.1) is 5.69 Å². The van der Waals surface area contributed by atoms with Crippen molar-refractivity contribution in [3.8, 4) is 5.69 Å². The maximum Gasteiger partial charge on any atom is 0.214 e. The highest BCUT2D eigenvalue weighted by molar-refractivity contribution is 7.99. The molecule has 0 bridgehead atoms. The van der Waals surface area contributed by atoms with Crippen LogP contribution in [0.2, 0.25) is 0 Å². The van der Waals surface area contributed by atoms with E-state index in [0.29, 0.717) is 5.25 Å². The average molecular weight is 336 g/mol. The summed E-state index contributed by atoms with van der Waals surface area (Å²) in [5.74, 6) is 0. The van der Waals surface area contributed by atoms with E-state index in [-0.39, 0.29) is 0 Å². The first-order valence-corrected chi connectivity index (χ1v) is 9.21. The third-order valence-electron chi connectivity index (χ3n) is 4.65. The molecule has 24 heavy (non-hydrogen) atoms. The van der Waals surface area contributed by atoms with Crippen LogP contribution < -0.4 is 0 Å². The van der Waals surface area contributed by atoms with Crippen molar-refractivity contribution >= 4 is 11.8 Å². The van der Waals surface area contributed by atoms with E-state index >= 15 is 0 Å². The number of fused-ring (bicyclic) bond motifs is 1. The van der Waals surface area contributed by atoms with Gasteiger partial charge in [-0.1, -0.05) is 54.2 Å². The summed E-state index contributed by atoms with van der Waals surface area (Å²) in [6, 6.07) is 15.0. The number of hydrogen-bond acceptors (Lipinski definition) is 4. The fraction of sp³-hybridized carbons (Fsp3) is 0.316. The maximum atomic E-state index is 4.31. The van der Waals surface area contributed by atoms with E-state index in [1.807, 2.05) is 4.68 Å². The average Bonchev–Trinajstić information content (AvgIpc) is 3.03. The summed E-state index contributed by atoms with van der Waals surface area (Å²) >= 11 is 1.78. The van der Waals surface area contributed by atoms with E-state index in [1.54, 1.807) is 11.8 Å². The molecule has 122 valence electrons. The minimum Gasteiger partial charge on any atom is -0.187 e. The summed E-state index contributed by atoms with van der Waals surface area (Å²) in [4.78, 5) is 0. The molecule has 0 amide bonds. The summed E-state index contributed by atoms with van der Waals surface area (Å²) in [6.07, 6.45) is 3.57. The molecule has 0 saturated heterocycles. The molecule has 0 unspecified atom stereocenters. The molecule has 0 spiro atoms. The molecular formula is C19H20N4S. The van der Waals surface area contributed by atoms with Crippen LogP contribution in [0.5, 0.6) is 0 Å². The van der Waals surface area contributed by atoms with Gasteiger partial charge in [0, 0.05) is 5.25 Å². The molecule has 1 aromatic heterocycles. The molecular weight excluding hydrogens is 316 g/mol. The first-order chi connectivity index (χ1) is 11.7. The molecule has 0 aliphatic heterocycles. The zero-order valence-electron chi connectivity index (χ0n) is 13.9. The molecule has 0 radical (unpaired) electrons. The Balaban J connectivity index is 1.70. The predicted octanol–water partition coefficient (Wildman–Crippen LogP) is 4.45. The quantitative estimate of drug-likeness (QED) is 0.709. The van der Waals surface area contributed by atoms with Gasteiger partial charge >= 0.3 is 0 Å². The minimum absolute atomic E-state index is 0.420. The van der Waals surface area contributed by atoms with Crippen LogP contribution in [0.4, 0.5) is 0 Å². The van der Waals surface area contributed by atoms with Crippen LogP contribution in [0, 0.1) is 13.8 Å². The molecule has 4 nitrogen and oxygen atoms in total. The Labute approximate surface area is 146 Å². The van der Waals surface area contributed by atoms with E-state index in [2.05, 4.69) is 71.8 Å². The van der Waals surface area contributed by atoms with Crippen LogP contribution in [0.3, 0.4) is 0 Å². The van der Waals surface area contributed by atoms with Crippen molar-refractivity contribution in [2.75, 3.05) is 0 Å². The normalized spacial score (nSPS) is 16.8. The van der Waals surface area contributed by atoms with Crippen LogP contribution in [0.15, 0.2) is 47.6 Å². The highest BCUT2D eigenvalue weighted by atomic mass is 32.2. The van der Waals surface area contributed by atoms with Crippen molar-refractivity contribution in [3.05, 3.63) is 64.7 Å². The first kappa shape index (κ1) is 15.4. The Bertz CT molecular complexity index is 851. The lowest BCUT2D eigenvalue weighted by Crippen LogP contribution is -2.09. The second-order valence-electron chi connectivity index (χ2n) is 6.31. The first-order valence-electron chi connectivity index (χ1n) is 8.33. The molecule has 1 atom stereocenters. The lowest BCUT2D eigenvalue weighted by molar-refractivity contribution is 0.668. The van der Waals surface area contributed by atoms with Gasteiger partial charge in [-0.05, 0) is 65.8 Å². The monoisotopic (exact) mass is 336 g/mol. The lowest BCUT2D eigenvalue weighted by atomic mass is 9.91. The zero-order valence-corrected chi connectivity index (χ0v) is 14.8. The van der Waals surface area contributed by atoms with E-state index in [1.165, 1.54) is 41.5 Å². The molecule has 0 fully saturated rings. The van der Waals surface area contributed by atoms with E-state index < -0.39 is 0 Å². The van der Waals surface area contributed by atoms with E-state index in [9.17, 15) is 0 Å². The molecule has 2 aromatic carbocycles. The summed E-state index contributed by atoms with van der Waals surface area (Å²) in [5, 5.41) is 13.8. The number of rotatable bonds is 3. The number of para-hydroxylation sites is 1. The largest absolute Gasteiger partial charge is 0.214 e. The van der Waals surface area contributed by atoms with Gasteiger partial charge in [-0.3, -0.25) is 0 Å². The standard InChI is InChI=1S/C19H20N4S/c1-13-7-5-8-14(2)18(13)23-19(20-21-22-23)24-17-12-6-10-15-9-3-4-11-16(15)17/h3-5,7-9,11,17H,6,10,12H2,1-2H3/t17-/m0/s1. The smallest absolute Gasteiger partial charge is 0.187 e. The Morgan fingerprint density at radius 1 is 1.04 bits per heavy atom. The Morgan fingerprint density at radius 2 is 1.83 bits per heavy atom. The second kappa shape index (κ2) is 6.40.